The fourth-order valence-corrected chi connectivity index (χ4v) is 3.64. The van der Waals surface area contributed by atoms with Gasteiger partial charge in [0.05, 0.1) is 23.6 Å². The van der Waals surface area contributed by atoms with Gasteiger partial charge in [0.2, 0.25) is 10.0 Å². The Bertz CT molecular complexity index is 588. The van der Waals surface area contributed by atoms with Crippen LogP contribution in [0.2, 0.25) is 0 Å². The van der Waals surface area contributed by atoms with E-state index in [-0.39, 0.29) is 18.0 Å². The van der Waals surface area contributed by atoms with Gasteiger partial charge in [-0.25, -0.2) is 8.42 Å². The first kappa shape index (κ1) is 16.9. The van der Waals surface area contributed by atoms with Crippen LogP contribution in [0.1, 0.15) is 6.92 Å². The second-order valence-electron chi connectivity index (χ2n) is 3.80. The molecule has 1 rings (SSSR count). The van der Waals surface area contributed by atoms with E-state index in [1.165, 1.54) is 26.4 Å². The molecule has 0 amide bonds. The van der Waals surface area contributed by atoms with Gasteiger partial charge in [-0.05, 0) is 34.1 Å². The number of hydrogen-bond donors (Lipinski definition) is 0. The van der Waals surface area contributed by atoms with Crippen molar-refractivity contribution in [3.63, 3.8) is 0 Å². The van der Waals surface area contributed by atoms with E-state index in [4.69, 9.17) is 4.74 Å². The Balaban J connectivity index is 3.14. The number of benzene rings is 1. The molecule has 6 nitrogen and oxygen atoms in total. The second kappa shape index (κ2) is 7.05. The van der Waals surface area contributed by atoms with Gasteiger partial charge < -0.3 is 9.47 Å². The van der Waals surface area contributed by atoms with Crippen molar-refractivity contribution in [1.82, 2.24) is 4.31 Å². The zero-order chi connectivity index (χ0) is 15.3. The molecular weight excluding hydrogens is 350 g/mol. The molecule has 0 saturated heterocycles. The highest BCUT2D eigenvalue weighted by molar-refractivity contribution is 9.10. The number of carbonyl (C=O) groups is 1. The third kappa shape index (κ3) is 3.71. The molecule has 0 heterocycles. The molecule has 8 heteroatoms. The number of halogens is 1. The van der Waals surface area contributed by atoms with Crippen LogP contribution in [0.4, 0.5) is 0 Å². The van der Waals surface area contributed by atoms with Gasteiger partial charge in [0.25, 0.3) is 0 Å². The summed E-state index contributed by atoms with van der Waals surface area (Å²) in [5.41, 5.74) is 0. The monoisotopic (exact) mass is 365 g/mol. The molecule has 1 aromatic carbocycles. The van der Waals surface area contributed by atoms with Crippen molar-refractivity contribution in [3.05, 3.63) is 22.7 Å². The van der Waals surface area contributed by atoms with E-state index in [0.29, 0.717) is 10.2 Å². The first-order valence-corrected chi connectivity index (χ1v) is 8.00. The zero-order valence-corrected chi connectivity index (χ0v) is 13.8. The van der Waals surface area contributed by atoms with Gasteiger partial charge in [0.15, 0.2) is 0 Å². The highest BCUT2D eigenvalue weighted by Gasteiger charge is 2.26. The minimum atomic E-state index is -3.76. The number of ether oxygens (including phenoxy) is 2. The smallest absolute Gasteiger partial charge is 0.321 e. The van der Waals surface area contributed by atoms with Crippen LogP contribution in [0.5, 0.6) is 5.75 Å². The molecule has 0 N–H and O–H groups in total. The summed E-state index contributed by atoms with van der Waals surface area (Å²) in [7, 11) is -1.05. The summed E-state index contributed by atoms with van der Waals surface area (Å²) < 4.78 is 36.0. The van der Waals surface area contributed by atoms with Crippen molar-refractivity contribution in [1.29, 1.82) is 0 Å². The van der Waals surface area contributed by atoms with Crippen LogP contribution in [-0.2, 0) is 19.6 Å². The van der Waals surface area contributed by atoms with E-state index in [9.17, 15) is 13.2 Å². The summed E-state index contributed by atoms with van der Waals surface area (Å²) >= 11 is 3.24. The summed E-state index contributed by atoms with van der Waals surface area (Å²) in [4.78, 5) is 11.3. The molecule has 0 aliphatic carbocycles. The third-order valence-corrected chi connectivity index (χ3v) is 5.18. The van der Waals surface area contributed by atoms with Gasteiger partial charge in [0.1, 0.15) is 12.3 Å². The van der Waals surface area contributed by atoms with Crippen molar-refractivity contribution >= 4 is 31.9 Å². The summed E-state index contributed by atoms with van der Waals surface area (Å²) in [5, 5.41) is 0. The number of nitrogens with zero attached hydrogens (tertiary/aromatic N) is 1. The maximum absolute atomic E-state index is 12.4. The van der Waals surface area contributed by atoms with Crippen LogP contribution >= 0.6 is 15.9 Å². The molecule has 1 aromatic rings. The largest absolute Gasteiger partial charge is 0.496 e. The molecule has 0 unspecified atom stereocenters. The second-order valence-corrected chi connectivity index (χ2v) is 6.60. The van der Waals surface area contributed by atoms with E-state index in [2.05, 4.69) is 20.7 Å². The van der Waals surface area contributed by atoms with Crippen LogP contribution in [0.15, 0.2) is 27.6 Å². The summed E-state index contributed by atoms with van der Waals surface area (Å²) in [6.07, 6.45) is 0. The normalized spacial score (nSPS) is 11.4. The quantitative estimate of drug-likeness (QED) is 0.716. The zero-order valence-electron chi connectivity index (χ0n) is 11.4. The molecule has 0 saturated carbocycles. The molecule has 0 bridgehead atoms. The molecule has 0 atom stereocenters. The van der Waals surface area contributed by atoms with Gasteiger partial charge in [-0.3, -0.25) is 4.79 Å². The first-order valence-electron chi connectivity index (χ1n) is 5.77. The van der Waals surface area contributed by atoms with E-state index in [1.807, 2.05) is 0 Å². The van der Waals surface area contributed by atoms with Gasteiger partial charge >= 0.3 is 5.97 Å². The molecular formula is C12H16BrNO5S. The van der Waals surface area contributed by atoms with Crippen LogP contribution in [0, 0.1) is 0 Å². The van der Waals surface area contributed by atoms with Crippen molar-refractivity contribution in [2.24, 2.45) is 0 Å². The Labute approximate surface area is 126 Å². The van der Waals surface area contributed by atoms with Gasteiger partial charge in [-0.1, -0.05) is 6.92 Å². The number of methoxy groups -OCH3 is 2. The average molecular weight is 366 g/mol. The topological polar surface area (TPSA) is 72.9 Å². The molecule has 20 heavy (non-hydrogen) atoms. The Morgan fingerprint density at radius 1 is 1.35 bits per heavy atom. The molecule has 0 aliphatic rings. The molecule has 0 fully saturated rings. The van der Waals surface area contributed by atoms with Crippen molar-refractivity contribution in [2.75, 3.05) is 27.3 Å². The van der Waals surface area contributed by atoms with Crippen LogP contribution < -0.4 is 4.74 Å². The minimum Gasteiger partial charge on any atom is -0.496 e. The SMILES string of the molecule is CCN(CC(=O)OC)S(=O)(=O)c1ccc(OC)c(Br)c1. The summed E-state index contributed by atoms with van der Waals surface area (Å²) in [6.45, 7) is 1.50. The number of carbonyl (C=O) groups excluding carboxylic acids is 1. The standard InChI is InChI=1S/C12H16BrNO5S/c1-4-14(8-12(15)19-3)20(16,17)9-5-6-11(18-2)10(13)7-9/h5-7H,4,8H2,1-3H3. The van der Waals surface area contributed by atoms with E-state index < -0.39 is 16.0 Å². The summed E-state index contributed by atoms with van der Waals surface area (Å²) in [6, 6.07) is 4.41. The molecule has 0 spiro atoms. The fraction of sp³-hybridized carbons (Fsp3) is 0.417. The van der Waals surface area contributed by atoms with Crippen LogP contribution in [-0.4, -0.2) is 46.0 Å². The Morgan fingerprint density at radius 3 is 2.45 bits per heavy atom. The minimum absolute atomic E-state index is 0.0796. The number of rotatable bonds is 6. The molecule has 112 valence electrons. The Hall–Kier alpha value is -1.12. The summed E-state index contributed by atoms with van der Waals surface area (Å²) in [5.74, 6) is -0.0806. The fourth-order valence-electron chi connectivity index (χ4n) is 1.53. The lowest BCUT2D eigenvalue weighted by Gasteiger charge is -2.19. The molecule has 0 radical (unpaired) electrons. The van der Waals surface area contributed by atoms with E-state index in [1.54, 1.807) is 13.0 Å². The number of sulfonamides is 1. The maximum Gasteiger partial charge on any atom is 0.321 e. The number of hydrogen-bond acceptors (Lipinski definition) is 5. The number of likely N-dealkylation sites (N-methyl/N-ethyl adjacent to an activating group) is 1. The van der Waals surface area contributed by atoms with Crippen LogP contribution in [0.25, 0.3) is 0 Å². The predicted molar refractivity (Wildman–Crippen MR) is 77.1 cm³/mol. The van der Waals surface area contributed by atoms with Gasteiger partial charge in [-0.2, -0.15) is 4.31 Å². The Morgan fingerprint density at radius 2 is 2.00 bits per heavy atom. The van der Waals surface area contributed by atoms with E-state index in [0.717, 1.165) is 4.31 Å². The van der Waals surface area contributed by atoms with Crippen molar-refractivity contribution < 1.29 is 22.7 Å². The number of esters is 1. The lowest BCUT2D eigenvalue weighted by atomic mass is 10.3. The average Bonchev–Trinajstić information content (AvgIpc) is 2.43. The third-order valence-electron chi connectivity index (χ3n) is 2.65. The maximum atomic E-state index is 12.4. The lowest BCUT2D eigenvalue weighted by Crippen LogP contribution is -2.36. The highest BCUT2D eigenvalue weighted by Crippen LogP contribution is 2.28. The van der Waals surface area contributed by atoms with Crippen molar-refractivity contribution in [3.8, 4) is 5.75 Å². The predicted octanol–water partition coefficient (Wildman–Crippen LogP) is 1.64. The highest BCUT2D eigenvalue weighted by atomic mass is 79.9. The first-order chi connectivity index (χ1) is 9.36. The molecule has 0 aromatic heterocycles. The Kier molecular flexibility index (Phi) is 5.97. The van der Waals surface area contributed by atoms with Crippen molar-refractivity contribution in [2.45, 2.75) is 11.8 Å². The molecule has 0 aliphatic heterocycles. The van der Waals surface area contributed by atoms with Gasteiger partial charge in [0, 0.05) is 6.54 Å². The lowest BCUT2D eigenvalue weighted by molar-refractivity contribution is -0.140. The van der Waals surface area contributed by atoms with Gasteiger partial charge in [-0.15, -0.1) is 0 Å². The van der Waals surface area contributed by atoms with Crippen LogP contribution in [0.3, 0.4) is 0 Å². The van der Waals surface area contributed by atoms with E-state index >= 15 is 0 Å².